The predicted molar refractivity (Wildman–Crippen MR) is 36.5 cm³/mol. The molecule has 0 saturated heterocycles. The first kappa shape index (κ1) is 15.8. The predicted octanol–water partition coefficient (Wildman–Crippen LogP) is -2.09. The van der Waals surface area contributed by atoms with Gasteiger partial charge in [-0.3, -0.25) is 8.42 Å². The van der Waals surface area contributed by atoms with Crippen LogP contribution in [0.15, 0.2) is 12.2 Å². The number of ether oxygens (including phenoxy) is 1. The second-order valence-electron chi connectivity index (χ2n) is 1.48. The van der Waals surface area contributed by atoms with Crippen molar-refractivity contribution in [3.63, 3.8) is 0 Å². The van der Waals surface area contributed by atoms with Crippen molar-refractivity contribution in [1.29, 1.82) is 0 Å². The Morgan fingerprint density at radius 1 is 1.08 bits per heavy atom. The van der Waals surface area contributed by atoms with Gasteiger partial charge in [0.05, 0.1) is 0 Å². The number of carbonyl (C=O) groups excluding carboxylic acids is 2. The zero-order valence-corrected chi connectivity index (χ0v) is 11.4. The molecule has 0 N–H and O–H groups in total. The van der Waals surface area contributed by atoms with Crippen LogP contribution in [0.5, 0.6) is 0 Å². The van der Waals surface area contributed by atoms with Crippen molar-refractivity contribution >= 4 is 71.2 Å². The summed E-state index contributed by atoms with van der Waals surface area (Å²) >= 11 is 0. The molecule has 0 spiro atoms. The molecule has 1 rings (SSSR count). The van der Waals surface area contributed by atoms with Crippen LogP contribution in [0.1, 0.15) is 0 Å². The molecule has 0 aromatic heterocycles. The van der Waals surface area contributed by atoms with E-state index in [9.17, 15) is 9.59 Å². The molecule has 0 aromatic rings. The Bertz CT molecular complexity index is 291. The maximum absolute atomic E-state index is 9.92. The molecule has 68 valence electrons. The van der Waals surface area contributed by atoms with Gasteiger partial charge in [0.2, 0.25) is 0 Å². The van der Waals surface area contributed by atoms with E-state index in [1.807, 2.05) is 0 Å². The molecule has 0 aliphatic carbocycles. The summed E-state index contributed by atoms with van der Waals surface area (Å²) in [5, 5.41) is 0. The van der Waals surface area contributed by atoms with E-state index >= 15 is 0 Å². The molecule has 1 aliphatic heterocycles. The Kier molecular flexibility index (Phi) is 8.17. The zero-order chi connectivity index (χ0) is 9.78. The fourth-order valence-corrected chi connectivity index (χ4v) is 0.303. The smallest absolute Gasteiger partial charge is 0.759 e. The normalized spacial score (nSPS) is 14.0. The summed E-state index contributed by atoms with van der Waals surface area (Å²) in [5.74, 6) is -1.16. The first-order valence-electron chi connectivity index (χ1n) is 2.39. The van der Waals surface area contributed by atoms with Crippen LogP contribution in [0.25, 0.3) is 0 Å². The topological polar surface area (TPSA) is 124 Å². The Labute approximate surface area is 114 Å². The van der Waals surface area contributed by atoms with Crippen molar-refractivity contribution in [2.24, 2.45) is 0 Å². The van der Waals surface area contributed by atoms with Gasteiger partial charge in [0.25, 0.3) is 0 Å². The number of hydrogen-bond acceptors (Lipinski definition) is 7. The molecule has 9 heteroatoms. The molecule has 0 radical (unpaired) electrons. The molecule has 0 fully saturated rings. The van der Waals surface area contributed by atoms with Crippen molar-refractivity contribution in [3.05, 3.63) is 12.2 Å². The summed E-state index contributed by atoms with van der Waals surface area (Å²) in [7, 11) is -5.17. The fourth-order valence-electron chi connectivity index (χ4n) is 0.303. The van der Waals surface area contributed by atoms with Crippen LogP contribution >= 0.6 is 0 Å². The van der Waals surface area contributed by atoms with Crippen LogP contribution in [-0.2, 0) is 24.7 Å². The van der Waals surface area contributed by atoms with E-state index in [2.05, 4.69) is 4.74 Å². The Morgan fingerprint density at radius 3 is 1.38 bits per heavy atom. The van der Waals surface area contributed by atoms with E-state index in [0.29, 0.717) is 0 Å². The molecule has 7 nitrogen and oxygen atoms in total. The van der Waals surface area contributed by atoms with E-state index in [4.69, 9.17) is 17.5 Å². The summed E-state index contributed by atoms with van der Waals surface area (Å²) < 4.78 is 38.1. The first-order valence-corrected chi connectivity index (χ1v) is 3.73. The van der Waals surface area contributed by atoms with Crippen LogP contribution in [-0.4, -0.2) is 78.3 Å². The van der Waals surface area contributed by atoms with Crippen molar-refractivity contribution < 1.29 is 31.8 Å². The third-order valence-electron chi connectivity index (χ3n) is 0.557. The third kappa shape index (κ3) is 15.1. The van der Waals surface area contributed by atoms with E-state index in [1.165, 1.54) is 0 Å². The van der Waals surface area contributed by atoms with Crippen molar-refractivity contribution in [2.45, 2.75) is 0 Å². The number of hydrogen-bond donors (Lipinski definition) is 0. The van der Waals surface area contributed by atoms with E-state index in [-0.39, 0.29) is 48.9 Å². The first-order chi connectivity index (χ1) is 5.29. The van der Waals surface area contributed by atoms with Gasteiger partial charge in [-0.15, -0.1) is 0 Å². The van der Waals surface area contributed by atoms with Crippen molar-refractivity contribution in [1.82, 2.24) is 0 Å². The Hall–Kier alpha value is 0.321. The standard InChI is InChI=1S/C4H2O3.Ba.H2O4S/c5-3-1-2-4(6)7-3;;1-5(2,3)4/h1-2H;;(H2,1,2,3,4)/q;+2;/p-2. The molecular formula is C4H2BaO7S. The molecular weight excluding hydrogens is 329 g/mol. The fraction of sp³-hybridized carbons (Fsp3) is 0. The van der Waals surface area contributed by atoms with Gasteiger partial charge < -0.3 is 13.8 Å². The summed E-state index contributed by atoms with van der Waals surface area (Å²) in [4.78, 5) is 19.8. The Balaban J connectivity index is 0. The molecule has 1 heterocycles. The Morgan fingerprint density at radius 2 is 1.31 bits per heavy atom. The largest absolute Gasteiger partial charge is 2.00 e. The van der Waals surface area contributed by atoms with Gasteiger partial charge in [0.15, 0.2) is 0 Å². The van der Waals surface area contributed by atoms with Crippen molar-refractivity contribution in [3.8, 4) is 0 Å². The maximum Gasteiger partial charge on any atom is 2.00 e. The zero-order valence-electron chi connectivity index (χ0n) is 6.13. The monoisotopic (exact) mass is 332 g/mol. The summed E-state index contributed by atoms with van der Waals surface area (Å²) in [6.45, 7) is 0. The van der Waals surface area contributed by atoms with Gasteiger partial charge >= 0.3 is 60.8 Å². The average Bonchev–Trinajstić information content (AvgIpc) is 2.09. The number of carbonyl (C=O) groups is 2. The molecule has 0 atom stereocenters. The SMILES string of the molecule is O=C1C=CC(=O)O1.O=S(=O)([O-])[O-].[Ba+2]. The molecule has 0 saturated carbocycles. The van der Waals surface area contributed by atoms with Crippen molar-refractivity contribution in [2.75, 3.05) is 0 Å². The van der Waals surface area contributed by atoms with Gasteiger partial charge in [-0.2, -0.15) is 0 Å². The summed E-state index contributed by atoms with van der Waals surface area (Å²) in [5.41, 5.74) is 0. The molecule has 0 amide bonds. The maximum atomic E-state index is 9.92. The van der Waals surface area contributed by atoms with Crippen LogP contribution < -0.4 is 0 Å². The second kappa shape index (κ2) is 6.73. The van der Waals surface area contributed by atoms with E-state index in [1.54, 1.807) is 0 Å². The van der Waals surface area contributed by atoms with Crippen LogP contribution in [0.3, 0.4) is 0 Å². The number of cyclic esters (lactones) is 2. The number of rotatable bonds is 0. The molecule has 1 aliphatic rings. The van der Waals surface area contributed by atoms with E-state index < -0.39 is 22.3 Å². The minimum atomic E-state index is -5.17. The van der Waals surface area contributed by atoms with Crippen LogP contribution in [0.4, 0.5) is 0 Å². The molecule has 13 heavy (non-hydrogen) atoms. The van der Waals surface area contributed by atoms with Gasteiger partial charge in [-0.05, 0) is 0 Å². The average molecular weight is 331 g/mol. The van der Waals surface area contributed by atoms with Crippen LogP contribution in [0.2, 0.25) is 0 Å². The molecule has 0 aromatic carbocycles. The summed E-state index contributed by atoms with van der Waals surface area (Å²) in [6.07, 6.45) is 2.17. The number of esters is 2. The van der Waals surface area contributed by atoms with Crippen LogP contribution in [0, 0.1) is 0 Å². The quantitative estimate of drug-likeness (QED) is 0.164. The molecule has 0 unspecified atom stereocenters. The minimum absolute atomic E-state index is 0. The minimum Gasteiger partial charge on any atom is -0.759 e. The third-order valence-corrected chi connectivity index (χ3v) is 0.557. The van der Waals surface area contributed by atoms with E-state index in [0.717, 1.165) is 12.2 Å². The summed E-state index contributed by atoms with van der Waals surface area (Å²) in [6, 6.07) is 0. The van der Waals surface area contributed by atoms with Gasteiger partial charge in [-0.25, -0.2) is 9.59 Å². The van der Waals surface area contributed by atoms with Gasteiger partial charge in [-0.1, -0.05) is 0 Å². The van der Waals surface area contributed by atoms with Gasteiger partial charge in [0.1, 0.15) is 0 Å². The second-order valence-corrected chi connectivity index (χ2v) is 2.30. The molecule has 0 bridgehead atoms. The van der Waals surface area contributed by atoms with Gasteiger partial charge in [0, 0.05) is 22.6 Å².